The quantitative estimate of drug-likeness (QED) is 0.636. The van der Waals surface area contributed by atoms with Crippen LogP contribution in [0.5, 0.6) is 0 Å². The van der Waals surface area contributed by atoms with Gasteiger partial charge in [0.2, 0.25) is 0 Å². The van der Waals surface area contributed by atoms with Crippen LogP contribution >= 0.6 is 0 Å². The van der Waals surface area contributed by atoms with E-state index >= 15 is 0 Å². The standard InChI is InChI=1S/C22H28N4O2/c1-15-8-6-9-16(2)18(15)12-23-19-10-7-11-26-17(3)20(24-22(19)26)14-28-21(27)13-25(4)5/h6-11,23H,12-14H2,1-5H3. The summed E-state index contributed by atoms with van der Waals surface area (Å²) in [5, 5.41) is 3.52. The van der Waals surface area contributed by atoms with Gasteiger partial charge in [-0.3, -0.25) is 9.69 Å². The van der Waals surface area contributed by atoms with E-state index in [4.69, 9.17) is 9.72 Å². The number of carbonyl (C=O) groups excluding carboxylic acids is 1. The maximum absolute atomic E-state index is 11.8. The van der Waals surface area contributed by atoms with Crippen molar-refractivity contribution in [1.29, 1.82) is 0 Å². The van der Waals surface area contributed by atoms with Crippen LogP contribution in [-0.4, -0.2) is 40.9 Å². The van der Waals surface area contributed by atoms with Gasteiger partial charge in [-0.15, -0.1) is 0 Å². The van der Waals surface area contributed by atoms with Gasteiger partial charge < -0.3 is 14.5 Å². The largest absolute Gasteiger partial charge is 0.458 e. The van der Waals surface area contributed by atoms with Crippen LogP contribution in [0.3, 0.4) is 0 Å². The summed E-state index contributed by atoms with van der Waals surface area (Å²) in [6, 6.07) is 10.4. The number of aromatic nitrogens is 2. The molecule has 0 unspecified atom stereocenters. The number of aryl methyl sites for hydroxylation is 3. The Balaban J connectivity index is 1.80. The predicted octanol–water partition coefficient (Wildman–Crippen LogP) is 3.48. The first-order valence-electron chi connectivity index (χ1n) is 9.42. The molecule has 0 aliphatic heterocycles. The first kappa shape index (κ1) is 19.9. The number of pyridine rings is 1. The van der Waals surface area contributed by atoms with Crippen molar-refractivity contribution < 1.29 is 9.53 Å². The third kappa shape index (κ3) is 4.34. The van der Waals surface area contributed by atoms with E-state index < -0.39 is 0 Å². The minimum absolute atomic E-state index is 0.177. The zero-order valence-electron chi connectivity index (χ0n) is 17.2. The van der Waals surface area contributed by atoms with Crippen LogP contribution in [0.1, 0.15) is 28.1 Å². The van der Waals surface area contributed by atoms with Gasteiger partial charge in [0.1, 0.15) is 6.61 Å². The van der Waals surface area contributed by atoms with E-state index in [0.717, 1.165) is 29.3 Å². The minimum atomic E-state index is -0.255. The first-order chi connectivity index (χ1) is 13.4. The van der Waals surface area contributed by atoms with E-state index in [1.807, 2.05) is 43.7 Å². The molecule has 2 heterocycles. The van der Waals surface area contributed by atoms with Crippen molar-refractivity contribution in [2.75, 3.05) is 26.0 Å². The zero-order valence-corrected chi connectivity index (χ0v) is 17.2. The summed E-state index contributed by atoms with van der Waals surface area (Å²) in [6.45, 7) is 7.42. The molecule has 0 radical (unpaired) electrons. The lowest BCUT2D eigenvalue weighted by molar-refractivity contribution is -0.145. The number of carbonyl (C=O) groups is 1. The Bertz CT molecular complexity index is 971. The average molecular weight is 380 g/mol. The van der Waals surface area contributed by atoms with Crippen LogP contribution in [0.15, 0.2) is 36.5 Å². The van der Waals surface area contributed by atoms with Gasteiger partial charge in [-0.1, -0.05) is 18.2 Å². The van der Waals surface area contributed by atoms with Gasteiger partial charge in [0.25, 0.3) is 0 Å². The van der Waals surface area contributed by atoms with E-state index in [2.05, 4.69) is 37.4 Å². The van der Waals surface area contributed by atoms with E-state index in [1.54, 1.807) is 4.90 Å². The highest BCUT2D eigenvalue weighted by molar-refractivity contribution is 5.72. The third-order valence-corrected chi connectivity index (χ3v) is 4.90. The highest BCUT2D eigenvalue weighted by atomic mass is 16.5. The summed E-state index contributed by atoms with van der Waals surface area (Å²) in [7, 11) is 3.68. The van der Waals surface area contributed by atoms with Gasteiger partial charge in [0.15, 0.2) is 5.65 Å². The fraction of sp³-hybridized carbons (Fsp3) is 0.364. The van der Waals surface area contributed by atoms with Crippen molar-refractivity contribution >= 4 is 17.3 Å². The first-order valence-corrected chi connectivity index (χ1v) is 9.42. The summed E-state index contributed by atoms with van der Waals surface area (Å²) in [6.07, 6.45) is 1.98. The second-order valence-electron chi connectivity index (χ2n) is 7.38. The fourth-order valence-corrected chi connectivity index (χ4v) is 3.27. The van der Waals surface area contributed by atoms with E-state index in [1.165, 1.54) is 16.7 Å². The van der Waals surface area contributed by atoms with Gasteiger partial charge >= 0.3 is 5.97 Å². The minimum Gasteiger partial charge on any atom is -0.458 e. The van der Waals surface area contributed by atoms with Gasteiger partial charge in [0, 0.05) is 18.4 Å². The zero-order chi connectivity index (χ0) is 20.3. The lowest BCUT2D eigenvalue weighted by Crippen LogP contribution is -2.23. The summed E-state index contributed by atoms with van der Waals surface area (Å²) in [4.78, 5) is 18.3. The predicted molar refractivity (Wildman–Crippen MR) is 112 cm³/mol. The lowest BCUT2D eigenvalue weighted by atomic mass is 10.0. The van der Waals surface area contributed by atoms with Crippen molar-refractivity contribution in [1.82, 2.24) is 14.3 Å². The number of hydrogen-bond acceptors (Lipinski definition) is 5. The molecule has 28 heavy (non-hydrogen) atoms. The number of anilines is 1. The van der Waals surface area contributed by atoms with Crippen molar-refractivity contribution in [3.63, 3.8) is 0 Å². The fourth-order valence-electron chi connectivity index (χ4n) is 3.27. The highest BCUT2D eigenvalue weighted by Crippen LogP contribution is 2.22. The van der Waals surface area contributed by atoms with Crippen LogP contribution < -0.4 is 5.32 Å². The number of nitrogens with zero attached hydrogens (tertiary/aromatic N) is 3. The molecule has 3 aromatic rings. The third-order valence-electron chi connectivity index (χ3n) is 4.90. The molecule has 1 aromatic carbocycles. The number of fused-ring (bicyclic) bond motifs is 1. The molecular formula is C22H28N4O2. The number of likely N-dealkylation sites (N-methyl/N-ethyl adjacent to an activating group) is 1. The van der Waals surface area contributed by atoms with Crippen molar-refractivity contribution in [2.24, 2.45) is 0 Å². The number of nitrogens with one attached hydrogen (secondary N) is 1. The van der Waals surface area contributed by atoms with Crippen LogP contribution in [0.4, 0.5) is 5.69 Å². The summed E-state index contributed by atoms with van der Waals surface area (Å²) in [5.41, 5.74) is 7.38. The topological polar surface area (TPSA) is 58.9 Å². The molecule has 0 amide bonds. The number of imidazole rings is 1. The Morgan fingerprint density at radius 2 is 1.86 bits per heavy atom. The molecule has 0 saturated carbocycles. The molecule has 6 heteroatoms. The average Bonchev–Trinajstić information content (AvgIpc) is 2.96. The Morgan fingerprint density at radius 3 is 2.54 bits per heavy atom. The molecule has 2 aromatic heterocycles. The normalized spacial score (nSPS) is 11.2. The highest BCUT2D eigenvalue weighted by Gasteiger charge is 2.14. The Kier molecular flexibility index (Phi) is 5.99. The van der Waals surface area contributed by atoms with Crippen molar-refractivity contribution in [3.8, 4) is 0 Å². The lowest BCUT2D eigenvalue weighted by Gasteiger charge is -2.12. The second kappa shape index (κ2) is 8.44. The maximum Gasteiger partial charge on any atom is 0.320 e. The van der Waals surface area contributed by atoms with Crippen LogP contribution in [-0.2, 0) is 22.7 Å². The smallest absolute Gasteiger partial charge is 0.320 e. The molecule has 148 valence electrons. The molecule has 0 bridgehead atoms. The van der Waals surface area contributed by atoms with Crippen LogP contribution in [0.25, 0.3) is 5.65 Å². The molecular weight excluding hydrogens is 352 g/mol. The maximum atomic E-state index is 11.8. The van der Waals surface area contributed by atoms with E-state index in [9.17, 15) is 4.79 Å². The number of hydrogen-bond donors (Lipinski definition) is 1. The number of esters is 1. The number of benzene rings is 1. The summed E-state index contributed by atoms with van der Waals surface area (Å²) < 4.78 is 7.40. The number of rotatable bonds is 7. The van der Waals surface area contributed by atoms with Crippen LogP contribution in [0, 0.1) is 20.8 Å². The Labute approximate surface area is 166 Å². The Hall–Kier alpha value is -2.86. The van der Waals surface area contributed by atoms with Gasteiger partial charge in [-0.25, -0.2) is 4.98 Å². The molecule has 0 atom stereocenters. The SMILES string of the molecule is Cc1cccc(C)c1CNc1cccn2c(C)c(COC(=O)CN(C)C)nc12. The Morgan fingerprint density at radius 1 is 1.14 bits per heavy atom. The van der Waals surface area contributed by atoms with Gasteiger partial charge in [0.05, 0.1) is 17.9 Å². The van der Waals surface area contributed by atoms with Crippen LogP contribution in [0.2, 0.25) is 0 Å². The molecule has 0 fully saturated rings. The molecule has 0 spiro atoms. The van der Waals surface area contributed by atoms with Gasteiger partial charge in [-0.2, -0.15) is 0 Å². The molecule has 3 rings (SSSR count). The summed E-state index contributed by atoms with van der Waals surface area (Å²) >= 11 is 0. The second-order valence-corrected chi connectivity index (χ2v) is 7.38. The molecule has 1 N–H and O–H groups in total. The number of ether oxygens (including phenoxy) is 1. The van der Waals surface area contributed by atoms with E-state index in [-0.39, 0.29) is 19.1 Å². The molecule has 0 saturated heterocycles. The molecule has 6 nitrogen and oxygen atoms in total. The molecule has 0 aliphatic carbocycles. The monoisotopic (exact) mass is 380 g/mol. The van der Waals surface area contributed by atoms with Crippen molar-refractivity contribution in [2.45, 2.75) is 33.9 Å². The summed E-state index contributed by atoms with van der Waals surface area (Å²) in [5.74, 6) is -0.255. The van der Waals surface area contributed by atoms with Gasteiger partial charge in [-0.05, 0) is 63.7 Å². The van der Waals surface area contributed by atoms with Crippen molar-refractivity contribution in [3.05, 3.63) is 64.6 Å². The molecule has 0 aliphatic rings. The van der Waals surface area contributed by atoms with E-state index in [0.29, 0.717) is 0 Å².